The molecule has 3 rings (SSSR count). The fraction of sp³-hybridized carbons (Fsp3) is 0.235. The number of aromatic nitrogens is 4. The van der Waals surface area contributed by atoms with E-state index in [1.54, 1.807) is 29.1 Å². The van der Waals surface area contributed by atoms with E-state index in [1.807, 2.05) is 13.1 Å². The van der Waals surface area contributed by atoms with Crippen molar-refractivity contribution in [1.82, 2.24) is 19.7 Å². The van der Waals surface area contributed by atoms with Crippen LogP contribution in [0.1, 0.15) is 18.5 Å². The van der Waals surface area contributed by atoms with Gasteiger partial charge in [-0.05, 0) is 13.0 Å². The van der Waals surface area contributed by atoms with Crippen LogP contribution in [0.3, 0.4) is 0 Å². The standard InChI is InChI=1S/C17H18ClFN6O/c1-2-25-9-11(7-21-25)22-17-20-8-13(18)16(24-17)23-15(10-26)12-5-3-4-6-14(12)19/h3-9,15,26H,2,10H2,1H3,(H2,20,22,23,24). The van der Waals surface area contributed by atoms with Crippen LogP contribution in [-0.4, -0.2) is 31.5 Å². The minimum absolute atomic E-state index is 0.259. The molecule has 0 spiro atoms. The van der Waals surface area contributed by atoms with Gasteiger partial charge in [-0.1, -0.05) is 29.8 Å². The molecule has 1 aromatic carbocycles. The molecule has 0 amide bonds. The molecule has 26 heavy (non-hydrogen) atoms. The maximum atomic E-state index is 14.0. The van der Waals surface area contributed by atoms with Crippen molar-refractivity contribution in [3.63, 3.8) is 0 Å². The molecule has 7 nitrogen and oxygen atoms in total. The van der Waals surface area contributed by atoms with Crippen LogP contribution in [0.4, 0.5) is 21.8 Å². The molecule has 2 aromatic heterocycles. The van der Waals surface area contributed by atoms with E-state index >= 15 is 0 Å². The monoisotopic (exact) mass is 376 g/mol. The number of halogens is 2. The Morgan fingerprint density at radius 1 is 1.31 bits per heavy atom. The number of aryl methyl sites for hydroxylation is 1. The molecule has 0 aliphatic rings. The molecule has 136 valence electrons. The van der Waals surface area contributed by atoms with E-state index in [4.69, 9.17) is 11.6 Å². The number of hydrogen-bond donors (Lipinski definition) is 3. The highest BCUT2D eigenvalue weighted by Crippen LogP contribution is 2.26. The molecule has 1 unspecified atom stereocenters. The van der Waals surface area contributed by atoms with Gasteiger partial charge in [-0.3, -0.25) is 4.68 Å². The quantitative estimate of drug-likeness (QED) is 0.586. The van der Waals surface area contributed by atoms with Gasteiger partial charge in [-0.2, -0.15) is 10.1 Å². The van der Waals surface area contributed by atoms with Crippen molar-refractivity contribution < 1.29 is 9.50 Å². The third-order valence-corrected chi connectivity index (χ3v) is 4.01. The zero-order valence-corrected chi connectivity index (χ0v) is 14.8. The molecule has 0 bridgehead atoms. The molecule has 0 saturated carbocycles. The second-order valence-electron chi connectivity index (χ2n) is 5.50. The minimum Gasteiger partial charge on any atom is -0.394 e. The second kappa shape index (κ2) is 8.11. The number of aliphatic hydroxyl groups excluding tert-OH is 1. The third kappa shape index (κ3) is 4.09. The zero-order chi connectivity index (χ0) is 18.5. The van der Waals surface area contributed by atoms with E-state index in [2.05, 4.69) is 25.7 Å². The predicted molar refractivity (Wildman–Crippen MR) is 98.1 cm³/mol. The van der Waals surface area contributed by atoms with Gasteiger partial charge >= 0.3 is 0 Å². The molecular formula is C17H18ClFN6O. The fourth-order valence-electron chi connectivity index (χ4n) is 2.40. The first kappa shape index (κ1) is 18.1. The predicted octanol–water partition coefficient (Wildman–Crippen LogP) is 3.37. The number of nitrogens with zero attached hydrogens (tertiary/aromatic N) is 4. The highest BCUT2D eigenvalue weighted by molar-refractivity contribution is 6.32. The lowest BCUT2D eigenvalue weighted by atomic mass is 10.1. The number of hydrogen-bond acceptors (Lipinski definition) is 6. The van der Waals surface area contributed by atoms with Crippen molar-refractivity contribution in [1.29, 1.82) is 0 Å². The molecule has 2 heterocycles. The number of nitrogens with one attached hydrogen (secondary N) is 2. The topological polar surface area (TPSA) is 87.9 Å². The molecule has 1 atom stereocenters. The van der Waals surface area contributed by atoms with Crippen molar-refractivity contribution in [3.8, 4) is 0 Å². The number of anilines is 3. The summed E-state index contributed by atoms with van der Waals surface area (Å²) >= 11 is 6.15. The number of aliphatic hydroxyl groups is 1. The third-order valence-electron chi connectivity index (χ3n) is 3.73. The average Bonchev–Trinajstić information content (AvgIpc) is 3.10. The molecule has 0 radical (unpaired) electrons. The smallest absolute Gasteiger partial charge is 0.229 e. The summed E-state index contributed by atoms with van der Waals surface area (Å²) in [5.41, 5.74) is 1.05. The highest BCUT2D eigenvalue weighted by atomic mass is 35.5. The van der Waals surface area contributed by atoms with Crippen molar-refractivity contribution in [2.24, 2.45) is 0 Å². The highest BCUT2D eigenvalue weighted by Gasteiger charge is 2.17. The first-order valence-corrected chi connectivity index (χ1v) is 8.42. The van der Waals surface area contributed by atoms with Crippen LogP contribution in [0, 0.1) is 5.82 Å². The summed E-state index contributed by atoms with van der Waals surface area (Å²) in [5, 5.41) is 20.1. The Labute approximate surface area is 154 Å². The van der Waals surface area contributed by atoms with Crippen LogP contribution in [0.25, 0.3) is 0 Å². The Bertz CT molecular complexity index is 887. The second-order valence-corrected chi connectivity index (χ2v) is 5.91. The molecule has 0 saturated heterocycles. The zero-order valence-electron chi connectivity index (χ0n) is 14.0. The molecule has 0 fully saturated rings. The fourth-order valence-corrected chi connectivity index (χ4v) is 2.55. The lowest BCUT2D eigenvalue weighted by Gasteiger charge is -2.19. The average molecular weight is 377 g/mol. The van der Waals surface area contributed by atoms with Crippen molar-refractivity contribution in [2.75, 3.05) is 17.2 Å². The summed E-state index contributed by atoms with van der Waals surface area (Å²) < 4.78 is 15.8. The Hall–Kier alpha value is -2.71. The van der Waals surface area contributed by atoms with Crippen LogP contribution in [0.2, 0.25) is 5.02 Å². The van der Waals surface area contributed by atoms with Gasteiger partial charge in [0.05, 0.1) is 30.7 Å². The molecule has 9 heteroatoms. The van der Waals surface area contributed by atoms with Crippen LogP contribution < -0.4 is 10.6 Å². The van der Waals surface area contributed by atoms with Gasteiger partial charge in [0, 0.05) is 18.3 Å². The molecule has 3 aromatic rings. The van der Waals surface area contributed by atoms with E-state index in [9.17, 15) is 9.50 Å². The maximum absolute atomic E-state index is 14.0. The molecular weight excluding hydrogens is 359 g/mol. The van der Waals surface area contributed by atoms with Gasteiger partial charge in [0.1, 0.15) is 10.8 Å². The van der Waals surface area contributed by atoms with Gasteiger partial charge in [0.2, 0.25) is 5.95 Å². The summed E-state index contributed by atoms with van der Waals surface area (Å²) in [7, 11) is 0. The van der Waals surface area contributed by atoms with E-state index in [0.29, 0.717) is 11.5 Å². The minimum atomic E-state index is -0.695. The van der Waals surface area contributed by atoms with Crippen LogP contribution >= 0.6 is 11.6 Å². The van der Waals surface area contributed by atoms with E-state index in [1.165, 1.54) is 12.3 Å². The van der Waals surface area contributed by atoms with Gasteiger partial charge in [-0.15, -0.1) is 0 Å². The van der Waals surface area contributed by atoms with Gasteiger partial charge in [0.15, 0.2) is 5.82 Å². The van der Waals surface area contributed by atoms with Gasteiger partial charge in [-0.25, -0.2) is 9.37 Å². The normalized spacial score (nSPS) is 12.0. The van der Waals surface area contributed by atoms with Crippen LogP contribution in [-0.2, 0) is 6.54 Å². The molecule has 0 aliphatic heterocycles. The summed E-state index contributed by atoms with van der Waals surface area (Å²) in [6.45, 7) is 2.40. The van der Waals surface area contributed by atoms with E-state index in [0.717, 1.165) is 12.2 Å². The lowest BCUT2D eigenvalue weighted by Crippen LogP contribution is -2.17. The van der Waals surface area contributed by atoms with Crippen molar-refractivity contribution >= 4 is 29.1 Å². The van der Waals surface area contributed by atoms with Crippen LogP contribution in [0.15, 0.2) is 42.9 Å². The summed E-state index contributed by atoms with van der Waals surface area (Å²) in [5.74, 6) is 0.168. The number of benzene rings is 1. The van der Waals surface area contributed by atoms with Gasteiger partial charge in [0.25, 0.3) is 0 Å². The molecule has 3 N–H and O–H groups in total. The summed E-state index contributed by atoms with van der Waals surface area (Å²) in [4.78, 5) is 8.43. The van der Waals surface area contributed by atoms with Gasteiger partial charge < -0.3 is 15.7 Å². The van der Waals surface area contributed by atoms with E-state index < -0.39 is 11.9 Å². The Balaban J connectivity index is 1.81. The Kier molecular flexibility index (Phi) is 5.65. The first-order valence-electron chi connectivity index (χ1n) is 8.04. The Morgan fingerprint density at radius 3 is 2.81 bits per heavy atom. The summed E-state index contributed by atoms with van der Waals surface area (Å²) in [6.07, 6.45) is 4.91. The Morgan fingerprint density at radius 2 is 2.12 bits per heavy atom. The maximum Gasteiger partial charge on any atom is 0.229 e. The number of rotatable bonds is 7. The largest absolute Gasteiger partial charge is 0.394 e. The van der Waals surface area contributed by atoms with Crippen LogP contribution in [0.5, 0.6) is 0 Å². The molecule has 0 aliphatic carbocycles. The summed E-state index contributed by atoms with van der Waals surface area (Å²) in [6, 6.07) is 5.52. The van der Waals surface area contributed by atoms with E-state index in [-0.39, 0.29) is 17.4 Å². The van der Waals surface area contributed by atoms with Crippen molar-refractivity contribution in [3.05, 3.63) is 59.3 Å². The first-order chi connectivity index (χ1) is 12.6. The lowest BCUT2D eigenvalue weighted by molar-refractivity contribution is 0.273. The SMILES string of the molecule is CCn1cc(Nc2ncc(Cl)c(NC(CO)c3ccccc3F)n2)cn1. The van der Waals surface area contributed by atoms with Crippen molar-refractivity contribution in [2.45, 2.75) is 19.5 Å².